The van der Waals surface area contributed by atoms with Gasteiger partial charge in [0, 0.05) is 83.4 Å². The van der Waals surface area contributed by atoms with Crippen molar-refractivity contribution in [1.82, 2.24) is 0 Å². The summed E-state index contributed by atoms with van der Waals surface area (Å²) in [6, 6.07) is 4.06. The van der Waals surface area contributed by atoms with Crippen molar-refractivity contribution in [3.05, 3.63) is 68.8 Å². The summed E-state index contributed by atoms with van der Waals surface area (Å²) < 4.78 is 135. The second-order valence-electron chi connectivity index (χ2n) is 9.36. The van der Waals surface area contributed by atoms with Crippen LogP contribution in [0.25, 0.3) is 10.8 Å². The van der Waals surface area contributed by atoms with E-state index in [1.54, 1.807) is 0 Å². The zero-order chi connectivity index (χ0) is 37.7. The molecule has 0 fully saturated rings. The molecule has 0 spiro atoms. The van der Waals surface area contributed by atoms with E-state index in [-0.39, 0.29) is 59.1 Å². The fourth-order valence-corrected chi connectivity index (χ4v) is 6.67. The van der Waals surface area contributed by atoms with Gasteiger partial charge in [-0.3, -0.25) is 38.4 Å². The Morgan fingerprint density at radius 2 is 0.808 bits per heavy atom. The van der Waals surface area contributed by atoms with E-state index in [9.17, 15) is 82.3 Å². The van der Waals surface area contributed by atoms with Crippen molar-refractivity contribution in [3.8, 4) is 11.5 Å². The predicted octanol–water partition coefficient (Wildman–Crippen LogP) is 3.12. The Morgan fingerprint density at radius 1 is 0.500 bits per heavy atom. The first-order valence-electron chi connectivity index (χ1n) is 12.2. The maximum atomic E-state index is 12.2. The summed E-state index contributed by atoms with van der Waals surface area (Å²) in [5.74, 6) is -2.95. The molecule has 0 aliphatic rings. The Hall–Kier alpha value is -3.62. The van der Waals surface area contributed by atoms with Gasteiger partial charge in [0.05, 0.1) is 15.2 Å². The summed E-state index contributed by atoms with van der Waals surface area (Å²) in [5, 5.41) is 55.8. The number of nitro groups is 2. The van der Waals surface area contributed by atoms with Gasteiger partial charge in [0.2, 0.25) is 0 Å². The normalized spacial score (nSPS) is 12.5. The zero-order valence-electron chi connectivity index (χ0n) is 25.5. The van der Waals surface area contributed by atoms with Crippen molar-refractivity contribution < 1.29 is 71.9 Å². The largest absolute Gasteiger partial charge is 0.505 e. The van der Waals surface area contributed by atoms with Gasteiger partial charge in [0.1, 0.15) is 42.3 Å². The monoisotopic (exact) mass is 824 g/mol. The minimum Gasteiger partial charge on any atom is -0.505 e. The minimum atomic E-state index is -5.49. The third-order valence-corrected chi connectivity index (χ3v) is 9.69. The molecule has 4 rings (SSSR count). The summed E-state index contributed by atoms with van der Waals surface area (Å²) in [4.78, 5) is 14.8. The van der Waals surface area contributed by atoms with Gasteiger partial charge in [0.15, 0.2) is 11.5 Å². The van der Waals surface area contributed by atoms with E-state index in [0.717, 1.165) is 0 Å². The number of non-ortho nitro benzene ring substituents is 2. The van der Waals surface area contributed by atoms with Gasteiger partial charge in [-0.15, -0.1) is 20.5 Å². The van der Waals surface area contributed by atoms with Crippen molar-refractivity contribution in [3.63, 3.8) is 0 Å². The number of hydrogen-bond donors (Lipinski definition) is 6. The SMILES string of the molecule is O=[N+]([O-])c1ccc(N=Nc2c(S(=O)(=O)O)cc3cc(S(=O)(=O)O)c(N=Nc4ccc([N+](=O)[O-])cc4S(=O)(=O)O)c(O)c3c2O)c(S(=O)(=O)O)c1.[Na].[Na]. The summed E-state index contributed by atoms with van der Waals surface area (Å²) in [6.45, 7) is 0. The molecule has 4 aromatic rings. The van der Waals surface area contributed by atoms with Crippen LogP contribution in [0.5, 0.6) is 11.5 Å². The van der Waals surface area contributed by atoms with Crippen LogP contribution in [0.4, 0.5) is 34.1 Å². The molecule has 0 saturated heterocycles. The average Bonchev–Trinajstić information content (AvgIpc) is 2.97. The summed E-state index contributed by atoms with van der Waals surface area (Å²) >= 11 is 0. The van der Waals surface area contributed by atoms with Crippen molar-refractivity contribution in [1.29, 1.82) is 0 Å². The van der Waals surface area contributed by atoms with Gasteiger partial charge in [-0.05, 0) is 29.7 Å². The maximum Gasteiger partial charge on any atom is 0.297 e. The molecule has 0 amide bonds. The van der Waals surface area contributed by atoms with E-state index in [4.69, 9.17) is 0 Å². The molecule has 2 radical (unpaired) electrons. The number of nitro benzene ring substituents is 2. The molecule has 0 unspecified atom stereocenters. The molecular formula is C22H14N6Na2O18S4. The Labute approximate surface area is 333 Å². The standard InChI is InChI=1S/C22H14N6O18S4.2Na/c29-21-18-9(5-16(49(41,42)43)19(21)25-23-12-3-1-10(27(31)32)7-14(12)47(35,36)37)6-17(50(44,45)46)20(22(18)30)26-24-13-4-2-11(28(33)34)8-15(13)48(38,39)40;;/h1-8,29-30H,(H,35,36,37)(H,38,39,40)(H,41,42,43)(H,44,45,46);;. The van der Waals surface area contributed by atoms with Crippen molar-refractivity contribution >= 4 is 144 Å². The fraction of sp³-hybridized carbons (Fsp3) is 0. The second kappa shape index (κ2) is 15.8. The second-order valence-corrected chi connectivity index (χ2v) is 14.9. The molecule has 266 valence electrons. The van der Waals surface area contributed by atoms with E-state index in [2.05, 4.69) is 20.5 Å². The minimum absolute atomic E-state index is 0. The van der Waals surface area contributed by atoms with Gasteiger partial charge < -0.3 is 10.2 Å². The van der Waals surface area contributed by atoms with Crippen LogP contribution >= 0.6 is 0 Å². The molecule has 0 bridgehead atoms. The molecule has 0 aliphatic carbocycles. The maximum absolute atomic E-state index is 12.2. The molecule has 52 heavy (non-hydrogen) atoms. The molecule has 4 aromatic carbocycles. The smallest absolute Gasteiger partial charge is 0.297 e. The fourth-order valence-electron chi connectivity index (χ4n) is 4.07. The molecule has 30 heteroatoms. The number of rotatable bonds is 10. The first kappa shape index (κ1) is 44.5. The first-order chi connectivity index (χ1) is 22.8. The van der Waals surface area contributed by atoms with Crippen LogP contribution in [0.15, 0.2) is 88.6 Å². The van der Waals surface area contributed by atoms with Crippen LogP contribution in [0, 0.1) is 20.2 Å². The van der Waals surface area contributed by atoms with Crippen LogP contribution in [-0.4, -0.2) is 131 Å². The zero-order valence-corrected chi connectivity index (χ0v) is 32.8. The average molecular weight is 825 g/mol. The molecule has 0 atom stereocenters. The Bertz CT molecular complexity index is 2510. The van der Waals surface area contributed by atoms with Crippen LogP contribution in [0.3, 0.4) is 0 Å². The molecule has 24 nitrogen and oxygen atoms in total. The molecule has 6 N–H and O–H groups in total. The van der Waals surface area contributed by atoms with Crippen LogP contribution in [-0.2, 0) is 40.5 Å². The van der Waals surface area contributed by atoms with E-state index < -0.39 is 126 Å². The van der Waals surface area contributed by atoms with Crippen molar-refractivity contribution in [2.75, 3.05) is 0 Å². The molecule has 0 saturated carbocycles. The van der Waals surface area contributed by atoms with Crippen molar-refractivity contribution in [2.45, 2.75) is 19.6 Å². The topological polar surface area (TPSA) is 394 Å². The molecule has 0 heterocycles. The number of phenols is 2. The van der Waals surface area contributed by atoms with E-state index in [1.165, 1.54) is 0 Å². The van der Waals surface area contributed by atoms with Gasteiger partial charge >= 0.3 is 0 Å². The molecule has 0 aromatic heterocycles. The van der Waals surface area contributed by atoms with Gasteiger partial charge in [0.25, 0.3) is 51.8 Å². The predicted molar refractivity (Wildman–Crippen MR) is 173 cm³/mol. The third kappa shape index (κ3) is 9.48. The molecule has 0 aliphatic heterocycles. The number of fused-ring (bicyclic) bond motifs is 1. The third-order valence-electron chi connectivity index (χ3n) is 6.19. The number of benzene rings is 4. The van der Waals surface area contributed by atoms with Crippen LogP contribution < -0.4 is 0 Å². The summed E-state index contributed by atoms with van der Waals surface area (Å²) in [7, 11) is -21.5. The van der Waals surface area contributed by atoms with Gasteiger partial charge in [-0.1, -0.05) is 0 Å². The number of hydrogen-bond acceptors (Lipinski definition) is 18. The number of azo groups is 2. The van der Waals surface area contributed by atoms with Crippen LogP contribution in [0.2, 0.25) is 0 Å². The Morgan fingerprint density at radius 3 is 1.08 bits per heavy atom. The van der Waals surface area contributed by atoms with Gasteiger partial charge in [-0.25, -0.2) is 0 Å². The summed E-state index contributed by atoms with van der Waals surface area (Å²) in [5.41, 5.74) is -6.11. The van der Waals surface area contributed by atoms with Gasteiger partial charge in [-0.2, -0.15) is 33.7 Å². The Balaban J connectivity index is 0.00000468. The molecular weight excluding hydrogens is 811 g/mol. The van der Waals surface area contributed by atoms with Crippen LogP contribution in [0.1, 0.15) is 0 Å². The van der Waals surface area contributed by atoms with Crippen molar-refractivity contribution in [2.24, 2.45) is 20.5 Å². The first-order valence-corrected chi connectivity index (χ1v) is 17.9. The number of nitrogens with zero attached hydrogens (tertiary/aromatic N) is 6. The quantitative estimate of drug-likeness (QED) is 0.0439. The van der Waals surface area contributed by atoms with E-state index in [0.29, 0.717) is 48.5 Å². The summed E-state index contributed by atoms with van der Waals surface area (Å²) in [6.07, 6.45) is 0. The number of aromatic hydroxyl groups is 2. The number of phenolic OH excluding ortho intramolecular Hbond substituents is 2. The Kier molecular flexibility index (Phi) is 13.5. The van der Waals surface area contributed by atoms with E-state index in [1.807, 2.05) is 0 Å². The van der Waals surface area contributed by atoms with E-state index >= 15 is 0 Å².